The van der Waals surface area contributed by atoms with Gasteiger partial charge in [0.1, 0.15) is 5.75 Å². The average molecular weight is 555 g/mol. The molecule has 0 unspecified atom stereocenters. The number of carbonyl (C=O) groups excluding carboxylic acids is 2. The van der Waals surface area contributed by atoms with E-state index in [1.807, 2.05) is 80.6 Å². The Hall–Kier alpha value is -4.26. The quantitative estimate of drug-likeness (QED) is 0.318. The molecule has 2 aliphatic rings. The van der Waals surface area contributed by atoms with E-state index < -0.39 is 6.04 Å². The molecule has 214 valence electrons. The Bertz CT molecular complexity index is 1480. The van der Waals surface area contributed by atoms with Crippen molar-refractivity contribution in [1.29, 1.82) is 0 Å². The van der Waals surface area contributed by atoms with Crippen LogP contribution < -0.4 is 24.4 Å². The van der Waals surface area contributed by atoms with E-state index in [4.69, 9.17) is 14.2 Å². The van der Waals surface area contributed by atoms with Crippen LogP contribution in [0.5, 0.6) is 17.2 Å². The van der Waals surface area contributed by atoms with Crippen molar-refractivity contribution in [2.75, 3.05) is 24.4 Å². The molecule has 1 aliphatic carbocycles. The molecule has 0 saturated carbocycles. The maximum Gasteiger partial charge on any atom is 0.227 e. The third-order valence-corrected chi connectivity index (χ3v) is 8.06. The third-order valence-electron chi connectivity index (χ3n) is 8.06. The van der Waals surface area contributed by atoms with Gasteiger partial charge in [-0.25, -0.2) is 0 Å². The summed E-state index contributed by atoms with van der Waals surface area (Å²) in [5, 5.41) is 3.59. The molecule has 5 rings (SSSR count). The number of carbonyl (C=O) groups is 2. The van der Waals surface area contributed by atoms with Crippen molar-refractivity contribution in [3.8, 4) is 17.2 Å². The first-order chi connectivity index (χ1) is 19.9. The Balaban J connectivity index is 1.69. The number of hydrogen-bond donors (Lipinski definition) is 1. The van der Waals surface area contributed by atoms with Crippen molar-refractivity contribution < 1.29 is 23.8 Å². The van der Waals surface area contributed by atoms with Gasteiger partial charge in [-0.05, 0) is 61.6 Å². The largest absolute Gasteiger partial charge is 0.493 e. The molecule has 1 N–H and O–H groups in total. The Labute approximate surface area is 242 Å². The van der Waals surface area contributed by atoms with Crippen molar-refractivity contribution >= 4 is 23.1 Å². The summed E-state index contributed by atoms with van der Waals surface area (Å²) in [5.41, 5.74) is 4.78. The van der Waals surface area contributed by atoms with Gasteiger partial charge in [0, 0.05) is 29.7 Å². The Morgan fingerprint density at radius 1 is 0.951 bits per heavy atom. The number of rotatable bonds is 8. The minimum Gasteiger partial charge on any atom is -0.493 e. The van der Waals surface area contributed by atoms with Crippen LogP contribution in [0.15, 0.2) is 78.0 Å². The van der Waals surface area contributed by atoms with E-state index in [0.717, 1.165) is 34.6 Å². The van der Waals surface area contributed by atoms with Crippen LogP contribution >= 0.6 is 0 Å². The molecule has 3 atom stereocenters. The number of hydrogen-bond acceptors (Lipinski definition) is 6. The number of anilines is 2. The summed E-state index contributed by atoms with van der Waals surface area (Å²) in [6.07, 6.45) is 2.02. The fraction of sp³-hybridized carbons (Fsp3) is 0.353. The molecular weight excluding hydrogens is 516 g/mol. The number of benzene rings is 3. The molecule has 0 spiro atoms. The van der Waals surface area contributed by atoms with Crippen LogP contribution in [-0.2, 0) is 9.59 Å². The van der Waals surface area contributed by atoms with Crippen molar-refractivity contribution in [2.24, 2.45) is 0 Å². The van der Waals surface area contributed by atoms with Crippen LogP contribution in [0.2, 0.25) is 0 Å². The van der Waals surface area contributed by atoms with E-state index in [1.165, 1.54) is 0 Å². The first-order valence-electron chi connectivity index (χ1n) is 14.3. The van der Waals surface area contributed by atoms with Gasteiger partial charge in [0.05, 0.1) is 37.7 Å². The lowest BCUT2D eigenvalue weighted by Gasteiger charge is -2.36. The molecule has 1 amide bonds. The highest BCUT2D eigenvalue weighted by Gasteiger charge is 2.42. The van der Waals surface area contributed by atoms with Gasteiger partial charge >= 0.3 is 0 Å². The molecule has 0 radical (unpaired) electrons. The van der Waals surface area contributed by atoms with E-state index in [2.05, 4.69) is 12.2 Å². The van der Waals surface area contributed by atoms with Gasteiger partial charge in [0.15, 0.2) is 17.3 Å². The van der Waals surface area contributed by atoms with Gasteiger partial charge in [-0.2, -0.15) is 0 Å². The second-order valence-corrected chi connectivity index (χ2v) is 10.6. The van der Waals surface area contributed by atoms with Crippen molar-refractivity contribution in [3.63, 3.8) is 0 Å². The lowest BCUT2D eigenvalue weighted by atomic mass is 9.78. The van der Waals surface area contributed by atoms with Crippen LogP contribution in [0.4, 0.5) is 11.4 Å². The van der Waals surface area contributed by atoms with Crippen LogP contribution in [0.25, 0.3) is 0 Å². The number of nitrogens with zero attached hydrogens (tertiary/aromatic N) is 1. The second-order valence-electron chi connectivity index (χ2n) is 10.6. The highest BCUT2D eigenvalue weighted by molar-refractivity contribution is 6.06. The van der Waals surface area contributed by atoms with Crippen molar-refractivity contribution in [3.05, 3.63) is 89.1 Å². The van der Waals surface area contributed by atoms with Gasteiger partial charge in [-0.3, -0.25) is 14.5 Å². The van der Waals surface area contributed by atoms with Crippen LogP contribution in [-0.4, -0.2) is 32.0 Å². The normalized spacial score (nSPS) is 19.0. The molecule has 7 heteroatoms. The minimum atomic E-state index is -0.632. The van der Waals surface area contributed by atoms with Gasteiger partial charge in [-0.1, -0.05) is 50.2 Å². The monoisotopic (exact) mass is 554 g/mol. The van der Waals surface area contributed by atoms with Crippen LogP contribution in [0, 0.1) is 0 Å². The minimum absolute atomic E-state index is 0.00332. The summed E-state index contributed by atoms with van der Waals surface area (Å²) in [5.74, 6) is 1.83. The standard InChI is InChI=1S/C34H38N2O5/c1-6-21(3)41-29-15-11-8-12-24(29)34-33-26(35-25-13-9-10-14-27(25)36(34)32(38)7-2)18-23(19-28(33)37)22-16-17-30(39-4)31(20-22)40-5/h8-17,20-21,23,34-35H,6-7,18-19H2,1-5H3/t21-,23+,34-/m1/s1. The summed E-state index contributed by atoms with van der Waals surface area (Å²) in [6.45, 7) is 5.96. The van der Waals surface area contributed by atoms with Gasteiger partial charge in [0.2, 0.25) is 5.91 Å². The number of Topliss-reactive ketones (excluding diaryl/α,β-unsaturated/α-hetero) is 1. The van der Waals surface area contributed by atoms with E-state index in [9.17, 15) is 9.59 Å². The van der Waals surface area contributed by atoms with Gasteiger partial charge in [0.25, 0.3) is 0 Å². The molecule has 0 saturated heterocycles. The van der Waals surface area contributed by atoms with Crippen molar-refractivity contribution in [2.45, 2.75) is 64.5 Å². The zero-order valence-electron chi connectivity index (χ0n) is 24.4. The molecular formula is C34H38N2O5. The Morgan fingerprint density at radius 3 is 2.41 bits per heavy atom. The number of fused-ring (bicyclic) bond motifs is 1. The third kappa shape index (κ3) is 5.41. The SMILES string of the molecule is CCC(=O)N1c2ccccc2NC2=C(C(=O)C[C@@H](c3ccc(OC)c(OC)c3)C2)[C@H]1c1ccccc1O[C@H](C)CC. The average Bonchev–Trinajstić information content (AvgIpc) is 3.15. The molecule has 0 aromatic heterocycles. The lowest BCUT2D eigenvalue weighted by Crippen LogP contribution is -2.38. The summed E-state index contributed by atoms with van der Waals surface area (Å²) in [4.78, 5) is 29.8. The molecule has 1 aliphatic heterocycles. The highest BCUT2D eigenvalue weighted by Crippen LogP contribution is 2.49. The molecule has 3 aromatic rings. The predicted molar refractivity (Wildman–Crippen MR) is 161 cm³/mol. The number of methoxy groups -OCH3 is 2. The topological polar surface area (TPSA) is 77.1 Å². The summed E-state index contributed by atoms with van der Waals surface area (Å²) in [6, 6.07) is 20.7. The van der Waals surface area contributed by atoms with Crippen LogP contribution in [0.1, 0.15) is 69.5 Å². The number of nitrogens with one attached hydrogen (secondary N) is 1. The number of amides is 1. The second kappa shape index (κ2) is 12.1. The summed E-state index contributed by atoms with van der Waals surface area (Å²) in [7, 11) is 3.22. The van der Waals surface area contributed by atoms with E-state index in [0.29, 0.717) is 42.1 Å². The molecule has 0 bridgehead atoms. The fourth-order valence-electron chi connectivity index (χ4n) is 5.79. The Kier molecular flexibility index (Phi) is 8.34. The predicted octanol–water partition coefficient (Wildman–Crippen LogP) is 7.19. The van der Waals surface area contributed by atoms with Gasteiger partial charge < -0.3 is 19.5 Å². The van der Waals surface area contributed by atoms with E-state index in [-0.39, 0.29) is 23.7 Å². The zero-order chi connectivity index (χ0) is 29.1. The molecule has 3 aromatic carbocycles. The lowest BCUT2D eigenvalue weighted by molar-refractivity contribution is -0.119. The summed E-state index contributed by atoms with van der Waals surface area (Å²) < 4.78 is 17.4. The number of ether oxygens (including phenoxy) is 3. The number of allylic oxidation sites excluding steroid dienone is 1. The van der Waals surface area contributed by atoms with E-state index in [1.54, 1.807) is 19.1 Å². The first-order valence-corrected chi connectivity index (χ1v) is 14.3. The molecule has 41 heavy (non-hydrogen) atoms. The maximum atomic E-state index is 14.3. The van der Waals surface area contributed by atoms with Crippen molar-refractivity contribution in [1.82, 2.24) is 0 Å². The molecule has 0 fully saturated rings. The number of ketones is 1. The van der Waals surface area contributed by atoms with Gasteiger partial charge in [-0.15, -0.1) is 0 Å². The molecule has 7 nitrogen and oxygen atoms in total. The van der Waals surface area contributed by atoms with Crippen LogP contribution in [0.3, 0.4) is 0 Å². The molecule has 1 heterocycles. The number of para-hydroxylation sites is 3. The maximum absolute atomic E-state index is 14.3. The zero-order valence-corrected chi connectivity index (χ0v) is 24.4. The smallest absolute Gasteiger partial charge is 0.227 e. The fourth-order valence-corrected chi connectivity index (χ4v) is 5.79. The highest BCUT2D eigenvalue weighted by atomic mass is 16.5. The Morgan fingerprint density at radius 2 is 1.68 bits per heavy atom. The van der Waals surface area contributed by atoms with E-state index >= 15 is 0 Å². The summed E-state index contributed by atoms with van der Waals surface area (Å²) >= 11 is 0. The first kappa shape index (κ1) is 28.3.